The van der Waals surface area contributed by atoms with Crippen LogP contribution in [0.2, 0.25) is 0 Å². The van der Waals surface area contributed by atoms with Gasteiger partial charge in [0.15, 0.2) is 0 Å². The quantitative estimate of drug-likeness (QED) is 0.796. The summed E-state index contributed by atoms with van der Waals surface area (Å²) >= 11 is 2.23. The Morgan fingerprint density at radius 3 is 3.00 bits per heavy atom. The third kappa shape index (κ3) is 4.74. The van der Waals surface area contributed by atoms with Crippen LogP contribution in [0.1, 0.15) is 13.3 Å². The zero-order valence-electron chi connectivity index (χ0n) is 11.1. The summed E-state index contributed by atoms with van der Waals surface area (Å²) < 4.78 is 1.11. The van der Waals surface area contributed by atoms with Crippen molar-refractivity contribution in [2.24, 2.45) is 11.7 Å². The number of hydrogen-bond donors (Lipinski definition) is 2. The fourth-order valence-electron chi connectivity index (χ4n) is 2.61. The summed E-state index contributed by atoms with van der Waals surface area (Å²) in [6.45, 7) is 4.37. The van der Waals surface area contributed by atoms with E-state index in [0.717, 1.165) is 28.8 Å². The third-order valence-electron chi connectivity index (χ3n) is 3.24. The number of halogens is 1. The fourth-order valence-corrected chi connectivity index (χ4v) is 3.15. The minimum Gasteiger partial charge on any atom is -0.327 e. The molecule has 19 heavy (non-hydrogen) atoms. The lowest BCUT2D eigenvalue weighted by molar-refractivity contribution is -0.117. The van der Waals surface area contributed by atoms with Gasteiger partial charge in [0, 0.05) is 28.4 Å². The monoisotopic (exact) mass is 373 g/mol. The molecule has 3 N–H and O–H groups in total. The lowest BCUT2D eigenvalue weighted by Crippen LogP contribution is -2.48. The Kier molecular flexibility index (Phi) is 5.18. The number of nitrogens with zero attached hydrogens (tertiary/aromatic N) is 1. The molecular formula is C14H20IN3O. The average molecular weight is 373 g/mol. The third-order valence-corrected chi connectivity index (χ3v) is 3.91. The smallest absolute Gasteiger partial charge is 0.238 e. The van der Waals surface area contributed by atoms with Crippen molar-refractivity contribution in [3.63, 3.8) is 0 Å². The van der Waals surface area contributed by atoms with Crippen molar-refractivity contribution in [2.75, 3.05) is 25.0 Å². The van der Waals surface area contributed by atoms with Crippen molar-refractivity contribution in [1.29, 1.82) is 0 Å². The van der Waals surface area contributed by atoms with Gasteiger partial charge in [0.25, 0.3) is 0 Å². The zero-order chi connectivity index (χ0) is 13.8. The molecule has 4 nitrogen and oxygen atoms in total. The van der Waals surface area contributed by atoms with Gasteiger partial charge in [-0.25, -0.2) is 0 Å². The predicted octanol–water partition coefficient (Wildman–Crippen LogP) is 1.90. The van der Waals surface area contributed by atoms with Crippen molar-refractivity contribution >= 4 is 34.2 Å². The number of carbonyl (C=O) groups is 1. The molecule has 1 aliphatic heterocycles. The largest absolute Gasteiger partial charge is 0.327 e. The molecule has 0 aromatic heterocycles. The molecule has 2 atom stereocenters. The molecule has 5 heteroatoms. The van der Waals surface area contributed by atoms with Crippen LogP contribution in [0.15, 0.2) is 24.3 Å². The van der Waals surface area contributed by atoms with Crippen LogP contribution in [0.5, 0.6) is 0 Å². The molecule has 104 valence electrons. The summed E-state index contributed by atoms with van der Waals surface area (Å²) in [6.07, 6.45) is 1.05. The number of nitrogens with two attached hydrogens (primary N) is 1. The number of anilines is 1. The van der Waals surface area contributed by atoms with E-state index in [4.69, 9.17) is 5.73 Å². The van der Waals surface area contributed by atoms with Gasteiger partial charge < -0.3 is 11.1 Å². The maximum Gasteiger partial charge on any atom is 0.238 e. The predicted molar refractivity (Wildman–Crippen MR) is 86.0 cm³/mol. The van der Waals surface area contributed by atoms with Crippen LogP contribution in [0.3, 0.4) is 0 Å². The Labute approximate surface area is 127 Å². The number of benzene rings is 1. The summed E-state index contributed by atoms with van der Waals surface area (Å²) in [5.41, 5.74) is 6.84. The molecule has 1 heterocycles. The molecule has 1 aromatic rings. The van der Waals surface area contributed by atoms with Crippen molar-refractivity contribution in [1.82, 2.24) is 4.90 Å². The van der Waals surface area contributed by atoms with E-state index in [2.05, 4.69) is 39.7 Å². The molecule has 1 aliphatic rings. The highest BCUT2D eigenvalue weighted by molar-refractivity contribution is 14.1. The summed E-state index contributed by atoms with van der Waals surface area (Å²) in [5.74, 6) is 0.595. The Balaban J connectivity index is 1.87. The molecule has 1 amide bonds. The average Bonchev–Trinajstić information content (AvgIpc) is 2.26. The number of rotatable bonds is 3. The maximum atomic E-state index is 12.0. The van der Waals surface area contributed by atoms with Crippen molar-refractivity contribution < 1.29 is 4.79 Å². The summed E-state index contributed by atoms with van der Waals surface area (Å²) in [6, 6.07) is 8.00. The first-order valence-corrected chi connectivity index (χ1v) is 7.64. The minimum absolute atomic E-state index is 0.0308. The second-order valence-corrected chi connectivity index (χ2v) is 6.60. The Hall–Kier alpha value is -0.660. The van der Waals surface area contributed by atoms with Gasteiger partial charge in [-0.05, 0) is 53.1 Å². The number of likely N-dealkylation sites (tertiary alicyclic amines) is 1. The number of hydrogen-bond acceptors (Lipinski definition) is 3. The van der Waals surface area contributed by atoms with Crippen LogP contribution in [0.25, 0.3) is 0 Å². The van der Waals surface area contributed by atoms with Gasteiger partial charge in [0.05, 0.1) is 6.54 Å². The molecule has 0 aliphatic carbocycles. The summed E-state index contributed by atoms with van der Waals surface area (Å²) in [5, 5.41) is 2.93. The van der Waals surface area contributed by atoms with Gasteiger partial charge in [-0.1, -0.05) is 13.0 Å². The lowest BCUT2D eigenvalue weighted by Gasteiger charge is -2.34. The van der Waals surface area contributed by atoms with Crippen molar-refractivity contribution in [2.45, 2.75) is 19.4 Å². The van der Waals surface area contributed by atoms with Crippen LogP contribution in [0, 0.1) is 9.49 Å². The van der Waals surface area contributed by atoms with Crippen LogP contribution in [0.4, 0.5) is 5.69 Å². The van der Waals surface area contributed by atoms with Gasteiger partial charge in [0.1, 0.15) is 0 Å². The van der Waals surface area contributed by atoms with Crippen molar-refractivity contribution in [3.8, 4) is 0 Å². The highest BCUT2D eigenvalue weighted by atomic mass is 127. The molecule has 2 unspecified atom stereocenters. The molecule has 2 rings (SSSR count). The lowest BCUT2D eigenvalue weighted by atomic mass is 9.97. The van der Waals surface area contributed by atoms with Crippen LogP contribution < -0.4 is 11.1 Å². The number of nitrogens with one attached hydrogen (secondary N) is 1. The molecule has 0 radical (unpaired) electrons. The van der Waals surface area contributed by atoms with Gasteiger partial charge in [-0.3, -0.25) is 9.69 Å². The second kappa shape index (κ2) is 6.67. The minimum atomic E-state index is 0.0308. The Bertz CT molecular complexity index is 442. The molecule has 1 fully saturated rings. The Morgan fingerprint density at radius 1 is 1.53 bits per heavy atom. The molecule has 0 saturated carbocycles. The first kappa shape index (κ1) is 14.7. The number of piperidine rings is 1. The maximum absolute atomic E-state index is 12.0. The number of amides is 1. The van der Waals surface area contributed by atoms with E-state index in [0.29, 0.717) is 12.5 Å². The van der Waals surface area contributed by atoms with E-state index < -0.39 is 0 Å². The number of carbonyl (C=O) groups excluding carboxylic acids is 1. The van der Waals surface area contributed by atoms with Gasteiger partial charge in [-0.15, -0.1) is 0 Å². The highest BCUT2D eigenvalue weighted by Gasteiger charge is 2.23. The van der Waals surface area contributed by atoms with E-state index in [1.165, 1.54) is 0 Å². The summed E-state index contributed by atoms with van der Waals surface area (Å²) in [7, 11) is 0. The van der Waals surface area contributed by atoms with Crippen LogP contribution in [-0.4, -0.2) is 36.5 Å². The normalized spacial score (nSPS) is 24.2. The van der Waals surface area contributed by atoms with E-state index in [1.54, 1.807) is 0 Å². The SMILES string of the molecule is CC1CC(N)CN(CC(=O)Nc2cccc(I)c2)C1. The fraction of sp³-hybridized carbons (Fsp3) is 0.500. The van der Waals surface area contributed by atoms with Gasteiger partial charge in [0.2, 0.25) is 5.91 Å². The van der Waals surface area contributed by atoms with Gasteiger partial charge in [-0.2, -0.15) is 0 Å². The molecule has 0 spiro atoms. The van der Waals surface area contributed by atoms with Crippen LogP contribution >= 0.6 is 22.6 Å². The van der Waals surface area contributed by atoms with Crippen molar-refractivity contribution in [3.05, 3.63) is 27.8 Å². The Morgan fingerprint density at radius 2 is 2.32 bits per heavy atom. The molecular weight excluding hydrogens is 353 g/mol. The van der Waals surface area contributed by atoms with E-state index in [9.17, 15) is 4.79 Å². The molecule has 1 saturated heterocycles. The zero-order valence-corrected chi connectivity index (χ0v) is 13.3. The second-order valence-electron chi connectivity index (χ2n) is 5.35. The highest BCUT2D eigenvalue weighted by Crippen LogP contribution is 2.15. The standard InChI is InChI=1S/C14H20IN3O/c1-10-5-12(16)8-18(7-10)9-14(19)17-13-4-2-3-11(15)6-13/h2-4,6,10,12H,5,7-9,16H2,1H3,(H,17,19). The molecule has 1 aromatic carbocycles. The molecule has 0 bridgehead atoms. The van der Waals surface area contributed by atoms with E-state index in [1.807, 2.05) is 24.3 Å². The summed E-state index contributed by atoms with van der Waals surface area (Å²) in [4.78, 5) is 14.2. The first-order valence-electron chi connectivity index (χ1n) is 6.56. The van der Waals surface area contributed by atoms with Gasteiger partial charge >= 0.3 is 0 Å². The van der Waals surface area contributed by atoms with Crippen LogP contribution in [-0.2, 0) is 4.79 Å². The van der Waals surface area contributed by atoms with E-state index in [-0.39, 0.29) is 11.9 Å². The van der Waals surface area contributed by atoms with E-state index >= 15 is 0 Å². The topological polar surface area (TPSA) is 58.4 Å². The first-order chi connectivity index (χ1) is 9.02.